The van der Waals surface area contributed by atoms with Gasteiger partial charge in [-0.05, 0) is 80.8 Å². The van der Waals surface area contributed by atoms with Crippen molar-refractivity contribution in [3.05, 3.63) is 0 Å². The molecule has 1 heterocycles. The molecule has 4 nitrogen and oxygen atoms in total. The average molecular weight is 443 g/mol. The molecule has 0 amide bonds. The first-order chi connectivity index (χ1) is 14.3. The predicted octanol–water partition coefficient (Wildman–Crippen LogP) is 6.55. The van der Waals surface area contributed by atoms with Gasteiger partial charge < -0.3 is 14.6 Å². The first-order valence-corrected chi connectivity index (χ1v) is 13.5. The lowest BCUT2D eigenvalue weighted by Crippen LogP contribution is -2.41. The fraction of sp³-hybridized carbons (Fsp3) is 0.960. The third-order valence-corrected chi connectivity index (χ3v) is 8.89. The maximum absolute atomic E-state index is 12.4. The monoisotopic (exact) mass is 442 g/mol. The Morgan fingerprint density at radius 1 is 1.20 bits per heavy atom. The van der Waals surface area contributed by atoms with Crippen molar-refractivity contribution in [2.75, 3.05) is 5.75 Å². The van der Waals surface area contributed by atoms with Gasteiger partial charge in [-0.3, -0.25) is 0 Å². The fourth-order valence-corrected chi connectivity index (χ4v) is 7.22. The zero-order valence-electron chi connectivity index (χ0n) is 20.2. The van der Waals surface area contributed by atoms with Crippen molar-refractivity contribution in [3.63, 3.8) is 0 Å². The van der Waals surface area contributed by atoms with Gasteiger partial charge in [-0.2, -0.15) is 0 Å². The summed E-state index contributed by atoms with van der Waals surface area (Å²) in [5, 5.41) is 10.5. The highest BCUT2D eigenvalue weighted by Gasteiger charge is 2.52. The van der Waals surface area contributed by atoms with Gasteiger partial charge in [0.05, 0.1) is 6.10 Å². The quantitative estimate of drug-likeness (QED) is 0.324. The summed E-state index contributed by atoms with van der Waals surface area (Å²) < 4.78 is 11.4. The Morgan fingerprint density at radius 2 is 1.93 bits per heavy atom. The molecule has 2 saturated carbocycles. The van der Waals surface area contributed by atoms with Gasteiger partial charge in [0.15, 0.2) is 5.60 Å². The van der Waals surface area contributed by atoms with Gasteiger partial charge in [0.1, 0.15) is 0 Å². The Labute approximate surface area is 189 Å². The Bertz CT molecular complexity index is 541. The molecule has 2 aliphatic carbocycles. The number of aliphatic hydroxyl groups excluding tert-OH is 1. The zero-order valence-corrected chi connectivity index (χ0v) is 21.1. The highest BCUT2D eigenvalue weighted by molar-refractivity contribution is 7.99. The second-order valence-corrected chi connectivity index (χ2v) is 11.0. The van der Waals surface area contributed by atoms with E-state index in [4.69, 9.17) is 9.47 Å². The summed E-state index contributed by atoms with van der Waals surface area (Å²) in [6.45, 7) is 12.9. The van der Waals surface area contributed by atoms with Crippen LogP contribution >= 0.6 is 11.8 Å². The van der Waals surface area contributed by atoms with Crippen LogP contribution in [0.5, 0.6) is 0 Å². The third-order valence-electron chi connectivity index (χ3n) is 7.91. The summed E-state index contributed by atoms with van der Waals surface area (Å²) in [5.41, 5.74) is -0.919. The molecule has 3 fully saturated rings. The van der Waals surface area contributed by atoms with E-state index >= 15 is 0 Å². The second-order valence-electron chi connectivity index (χ2n) is 9.89. The van der Waals surface area contributed by atoms with Gasteiger partial charge in [0.2, 0.25) is 0 Å². The predicted molar refractivity (Wildman–Crippen MR) is 125 cm³/mol. The summed E-state index contributed by atoms with van der Waals surface area (Å²) in [6.07, 6.45) is 10.8. The molecule has 176 valence electrons. The van der Waals surface area contributed by atoms with E-state index in [0.29, 0.717) is 23.2 Å². The molecular weight excluding hydrogens is 396 g/mol. The lowest BCUT2D eigenvalue weighted by atomic mass is 9.61. The number of hydrogen-bond acceptors (Lipinski definition) is 5. The molecular formula is C25H46O4S. The largest absolute Gasteiger partial charge is 0.424 e. The van der Waals surface area contributed by atoms with E-state index in [2.05, 4.69) is 20.8 Å². The van der Waals surface area contributed by atoms with E-state index in [1.54, 1.807) is 11.8 Å². The van der Waals surface area contributed by atoms with Gasteiger partial charge in [0, 0.05) is 0 Å². The van der Waals surface area contributed by atoms with Crippen molar-refractivity contribution in [1.82, 2.24) is 0 Å². The molecule has 0 aromatic heterocycles. The Morgan fingerprint density at radius 3 is 2.63 bits per heavy atom. The average Bonchev–Trinajstić information content (AvgIpc) is 3.21. The summed E-state index contributed by atoms with van der Waals surface area (Å²) in [4.78, 5) is 12.4. The van der Waals surface area contributed by atoms with Crippen molar-refractivity contribution in [2.24, 2.45) is 23.2 Å². The fourth-order valence-electron chi connectivity index (χ4n) is 6.14. The molecule has 0 aromatic carbocycles. The van der Waals surface area contributed by atoms with Crippen LogP contribution in [-0.4, -0.2) is 34.2 Å². The summed E-state index contributed by atoms with van der Waals surface area (Å²) in [5.74, 6) is 2.57. The Balaban J connectivity index is 0.00000155. The van der Waals surface area contributed by atoms with Crippen molar-refractivity contribution >= 4 is 17.7 Å². The summed E-state index contributed by atoms with van der Waals surface area (Å²) in [6, 6.07) is 0. The normalized spacial score (nSPS) is 39.1. The number of thioether (sulfide) groups is 1. The van der Waals surface area contributed by atoms with Crippen LogP contribution in [-0.2, 0) is 14.3 Å². The molecule has 1 saturated heterocycles. The van der Waals surface area contributed by atoms with Crippen LogP contribution in [0.15, 0.2) is 0 Å². The van der Waals surface area contributed by atoms with Gasteiger partial charge in [-0.25, -0.2) is 4.79 Å². The first kappa shape index (κ1) is 26.0. The van der Waals surface area contributed by atoms with E-state index in [1.165, 1.54) is 19.3 Å². The molecule has 1 N–H and O–H groups in total. The van der Waals surface area contributed by atoms with Crippen molar-refractivity contribution in [2.45, 2.75) is 123 Å². The van der Waals surface area contributed by atoms with E-state index in [0.717, 1.165) is 50.7 Å². The van der Waals surface area contributed by atoms with Crippen LogP contribution in [0.3, 0.4) is 0 Å². The first-order valence-electron chi connectivity index (χ1n) is 12.5. The molecule has 0 spiro atoms. The van der Waals surface area contributed by atoms with Crippen LogP contribution in [0.25, 0.3) is 0 Å². The standard InChI is InChI=1S/C23H40O4S.C2H6/c1-5-6-15-28-21-26-20(25)23(4,27-21)14-7-9-16(2)17-11-12-18-19(24)10-8-13-22(17,18)3;1-2/h16-19,21,24H,5-15H2,1-4H3;1-2H3/t16-,17?,18?,19?,21-,22?,23-;/m1./s1. The molecule has 7 atom stereocenters. The molecule has 0 bridgehead atoms. The molecule has 5 heteroatoms. The number of ether oxygens (including phenoxy) is 2. The van der Waals surface area contributed by atoms with Crippen molar-refractivity contribution < 1.29 is 19.4 Å². The third kappa shape index (κ3) is 5.75. The number of hydrogen-bond donors (Lipinski definition) is 1. The number of carbonyl (C=O) groups excluding carboxylic acids is 1. The van der Waals surface area contributed by atoms with Gasteiger partial charge in [-0.15, -0.1) is 0 Å². The van der Waals surface area contributed by atoms with Crippen LogP contribution in [0.1, 0.15) is 106 Å². The van der Waals surface area contributed by atoms with Crippen molar-refractivity contribution in [3.8, 4) is 0 Å². The van der Waals surface area contributed by atoms with Crippen LogP contribution in [0.4, 0.5) is 0 Å². The number of esters is 1. The molecule has 0 aromatic rings. The maximum Gasteiger partial charge on any atom is 0.341 e. The van der Waals surface area contributed by atoms with E-state index in [9.17, 15) is 9.90 Å². The molecule has 30 heavy (non-hydrogen) atoms. The highest BCUT2D eigenvalue weighted by atomic mass is 32.2. The van der Waals surface area contributed by atoms with Gasteiger partial charge in [-0.1, -0.05) is 65.6 Å². The maximum atomic E-state index is 12.4. The highest BCUT2D eigenvalue weighted by Crippen LogP contribution is 2.58. The SMILES string of the molecule is CC.CCCCS[C@@H]1OC(=O)[C@@](C)(CCC[C@@H](C)C2CCC3C(O)CCCC32C)O1. The number of cyclic esters (lactones) is 1. The van der Waals surface area contributed by atoms with Crippen LogP contribution in [0.2, 0.25) is 0 Å². The number of fused-ring (bicyclic) bond motifs is 1. The summed E-state index contributed by atoms with van der Waals surface area (Å²) >= 11 is 1.60. The lowest BCUT2D eigenvalue weighted by molar-refractivity contribution is -0.143. The number of rotatable bonds is 9. The molecule has 4 unspecified atom stereocenters. The molecule has 0 radical (unpaired) electrons. The Kier molecular flexibility index (Phi) is 10.0. The van der Waals surface area contributed by atoms with Crippen LogP contribution in [0, 0.1) is 23.2 Å². The topological polar surface area (TPSA) is 55.8 Å². The minimum absolute atomic E-state index is 0.0985. The van der Waals surface area contributed by atoms with Crippen molar-refractivity contribution in [1.29, 1.82) is 0 Å². The number of carbonyl (C=O) groups is 1. The smallest absolute Gasteiger partial charge is 0.341 e. The second kappa shape index (κ2) is 11.6. The number of unbranched alkanes of at least 4 members (excludes halogenated alkanes) is 1. The van der Waals surface area contributed by atoms with E-state index in [-0.39, 0.29) is 12.1 Å². The Hall–Kier alpha value is -0.260. The van der Waals surface area contributed by atoms with Gasteiger partial charge in [0.25, 0.3) is 5.62 Å². The number of aliphatic hydroxyl groups is 1. The summed E-state index contributed by atoms with van der Waals surface area (Å²) in [7, 11) is 0. The zero-order chi connectivity index (χ0) is 22.4. The molecule has 3 aliphatic rings. The molecule has 1 aliphatic heterocycles. The van der Waals surface area contributed by atoms with Crippen LogP contribution < -0.4 is 0 Å². The minimum Gasteiger partial charge on any atom is -0.424 e. The lowest BCUT2D eigenvalue weighted by Gasteiger charge is -2.45. The van der Waals surface area contributed by atoms with E-state index in [1.807, 2.05) is 20.8 Å². The molecule has 3 rings (SSSR count). The minimum atomic E-state index is -0.785. The van der Waals surface area contributed by atoms with Gasteiger partial charge >= 0.3 is 5.97 Å². The van der Waals surface area contributed by atoms with E-state index < -0.39 is 11.2 Å².